The van der Waals surface area contributed by atoms with Crippen LogP contribution in [0.3, 0.4) is 0 Å². The molecule has 6 heteroatoms. The van der Waals surface area contributed by atoms with E-state index < -0.39 is 15.3 Å². The molecular formula is C10H22N2O3S. The van der Waals surface area contributed by atoms with Crippen molar-refractivity contribution in [3.63, 3.8) is 0 Å². The third-order valence-corrected chi connectivity index (χ3v) is 5.51. The maximum Gasteiger partial charge on any atom is 0.219 e. The SMILES string of the molecule is CC1CN(S(=O)(=O)C(C)CO)CC1N(C)C. The lowest BCUT2D eigenvalue weighted by molar-refractivity contribution is 0.262. The second-order valence-electron chi connectivity index (χ2n) is 4.86. The topological polar surface area (TPSA) is 60.9 Å². The van der Waals surface area contributed by atoms with Gasteiger partial charge in [-0.25, -0.2) is 8.42 Å². The molecule has 0 amide bonds. The van der Waals surface area contributed by atoms with Gasteiger partial charge in [-0.3, -0.25) is 0 Å². The zero-order chi connectivity index (χ0) is 12.5. The number of hydrogen-bond donors (Lipinski definition) is 1. The molecule has 0 aromatic carbocycles. The molecule has 0 aliphatic carbocycles. The predicted molar refractivity (Wildman–Crippen MR) is 63.7 cm³/mol. The number of aliphatic hydroxyl groups is 1. The van der Waals surface area contributed by atoms with E-state index in [-0.39, 0.29) is 12.6 Å². The number of rotatable bonds is 4. The first-order valence-electron chi connectivity index (χ1n) is 5.57. The molecule has 1 rings (SSSR count). The second-order valence-corrected chi connectivity index (χ2v) is 7.21. The molecule has 0 aromatic heterocycles. The molecule has 3 atom stereocenters. The minimum Gasteiger partial charge on any atom is -0.395 e. The van der Waals surface area contributed by atoms with E-state index >= 15 is 0 Å². The standard InChI is InChI=1S/C10H22N2O3S/c1-8-5-12(6-10(8)11(3)4)16(14,15)9(2)7-13/h8-10,13H,5-7H2,1-4H3. The third kappa shape index (κ3) is 2.56. The van der Waals surface area contributed by atoms with Crippen molar-refractivity contribution in [2.24, 2.45) is 5.92 Å². The molecule has 1 fully saturated rings. The van der Waals surface area contributed by atoms with Crippen molar-refractivity contribution in [2.45, 2.75) is 25.1 Å². The summed E-state index contributed by atoms with van der Waals surface area (Å²) in [6.07, 6.45) is 0. The molecular weight excluding hydrogens is 228 g/mol. The highest BCUT2D eigenvalue weighted by atomic mass is 32.2. The molecule has 1 heterocycles. The molecule has 96 valence electrons. The van der Waals surface area contributed by atoms with Gasteiger partial charge in [0.05, 0.1) is 11.9 Å². The van der Waals surface area contributed by atoms with Crippen LogP contribution in [0.15, 0.2) is 0 Å². The van der Waals surface area contributed by atoms with Crippen LogP contribution in [0.5, 0.6) is 0 Å². The van der Waals surface area contributed by atoms with Crippen LogP contribution in [0.4, 0.5) is 0 Å². The van der Waals surface area contributed by atoms with Crippen LogP contribution in [0.1, 0.15) is 13.8 Å². The summed E-state index contributed by atoms with van der Waals surface area (Å²) in [5.74, 6) is 0.329. The summed E-state index contributed by atoms with van der Waals surface area (Å²) in [4.78, 5) is 2.06. The average Bonchev–Trinajstić information content (AvgIpc) is 2.59. The van der Waals surface area contributed by atoms with E-state index in [1.54, 1.807) is 6.92 Å². The van der Waals surface area contributed by atoms with Crippen LogP contribution in [-0.4, -0.2) is 67.8 Å². The van der Waals surface area contributed by atoms with Crippen molar-refractivity contribution in [3.8, 4) is 0 Å². The van der Waals surface area contributed by atoms with Gasteiger partial charge in [0.2, 0.25) is 10.0 Å². The Labute approximate surface area is 98.1 Å². The zero-order valence-corrected chi connectivity index (χ0v) is 11.2. The Kier molecular flexibility index (Phi) is 4.34. The lowest BCUT2D eigenvalue weighted by Gasteiger charge is -2.23. The van der Waals surface area contributed by atoms with Crippen LogP contribution >= 0.6 is 0 Å². The molecule has 0 bridgehead atoms. The molecule has 1 saturated heterocycles. The Morgan fingerprint density at radius 2 is 2.00 bits per heavy atom. The van der Waals surface area contributed by atoms with Crippen LogP contribution in [0, 0.1) is 5.92 Å². The van der Waals surface area contributed by atoms with Gasteiger partial charge in [-0.15, -0.1) is 0 Å². The molecule has 5 nitrogen and oxygen atoms in total. The van der Waals surface area contributed by atoms with Crippen LogP contribution in [0.2, 0.25) is 0 Å². The smallest absolute Gasteiger partial charge is 0.219 e. The van der Waals surface area contributed by atoms with Gasteiger partial charge >= 0.3 is 0 Å². The summed E-state index contributed by atoms with van der Waals surface area (Å²) in [6.45, 7) is 4.36. The number of likely N-dealkylation sites (N-methyl/N-ethyl adjacent to an activating group) is 1. The van der Waals surface area contributed by atoms with E-state index in [9.17, 15) is 8.42 Å². The van der Waals surface area contributed by atoms with Gasteiger partial charge < -0.3 is 10.0 Å². The quantitative estimate of drug-likeness (QED) is 0.736. The first-order chi connectivity index (χ1) is 7.30. The van der Waals surface area contributed by atoms with Crippen molar-refractivity contribution >= 4 is 10.0 Å². The fraction of sp³-hybridized carbons (Fsp3) is 1.00. The van der Waals surface area contributed by atoms with Gasteiger partial charge in [0.15, 0.2) is 0 Å². The molecule has 1 N–H and O–H groups in total. The van der Waals surface area contributed by atoms with E-state index in [4.69, 9.17) is 5.11 Å². The van der Waals surface area contributed by atoms with E-state index in [0.29, 0.717) is 19.0 Å². The Morgan fingerprint density at radius 1 is 1.44 bits per heavy atom. The molecule has 0 spiro atoms. The number of hydrogen-bond acceptors (Lipinski definition) is 4. The van der Waals surface area contributed by atoms with Crippen molar-refractivity contribution in [1.29, 1.82) is 0 Å². The van der Waals surface area contributed by atoms with Crippen molar-refractivity contribution in [2.75, 3.05) is 33.8 Å². The Morgan fingerprint density at radius 3 is 2.38 bits per heavy atom. The van der Waals surface area contributed by atoms with Gasteiger partial charge in [-0.2, -0.15) is 4.31 Å². The lowest BCUT2D eigenvalue weighted by Crippen LogP contribution is -2.40. The highest BCUT2D eigenvalue weighted by Gasteiger charge is 2.39. The summed E-state index contributed by atoms with van der Waals surface area (Å²) in [7, 11) is 0.599. The van der Waals surface area contributed by atoms with Crippen LogP contribution < -0.4 is 0 Å². The number of sulfonamides is 1. The molecule has 1 aliphatic heterocycles. The van der Waals surface area contributed by atoms with Gasteiger partial charge in [0.1, 0.15) is 0 Å². The fourth-order valence-electron chi connectivity index (χ4n) is 2.13. The lowest BCUT2D eigenvalue weighted by atomic mass is 10.1. The highest BCUT2D eigenvalue weighted by Crippen LogP contribution is 2.24. The zero-order valence-electron chi connectivity index (χ0n) is 10.4. The Balaban J connectivity index is 2.79. The monoisotopic (exact) mass is 250 g/mol. The van der Waals surface area contributed by atoms with E-state index in [1.165, 1.54) is 4.31 Å². The minimum atomic E-state index is -3.33. The van der Waals surface area contributed by atoms with Gasteiger partial charge in [0, 0.05) is 19.1 Å². The average molecular weight is 250 g/mol. The largest absolute Gasteiger partial charge is 0.395 e. The predicted octanol–water partition coefficient (Wildman–Crippen LogP) is -0.421. The molecule has 0 radical (unpaired) electrons. The molecule has 1 aliphatic rings. The summed E-state index contributed by atoms with van der Waals surface area (Å²) < 4.78 is 25.6. The van der Waals surface area contributed by atoms with Gasteiger partial charge in [-0.1, -0.05) is 6.92 Å². The van der Waals surface area contributed by atoms with Gasteiger partial charge in [0.25, 0.3) is 0 Å². The molecule has 0 saturated carbocycles. The third-order valence-electron chi connectivity index (χ3n) is 3.33. The van der Waals surface area contributed by atoms with Crippen LogP contribution in [0.25, 0.3) is 0 Å². The second kappa shape index (κ2) is 5.00. The summed E-state index contributed by atoms with van der Waals surface area (Å²) in [6, 6.07) is 0.265. The Bertz CT molecular complexity index is 329. The van der Waals surface area contributed by atoms with Crippen LogP contribution in [-0.2, 0) is 10.0 Å². The van der Waals surface area contributed by atoms with Crippen molar-refractivity contribution in [3.05, 3.63) is 0 Å². The highest BCUT2D eigenvalue weighted by molar-refractivity contribution is 7.89. The fourth-order valence-corrected chi connectivity index (χ4v) is 3.64. The molecule has 0 aromatic rings. The van der Waals surface area contributed by atoms with Crippen molar-refractivity contribution < 1.29 is 13.5 Å². The maximum absolute atomic E-state index is 12.0. The molecule has 3 unspecified atom stereocenters. The van der Waals surface area contributed by atoms with E-state index in [1.807, 2.05) is 14.1 Å². The normalized spacial score (nSPS) is 29.9. The van der Waals surface area contributed by atoms with Crippen molar-refractivity contribution in [1.82, 2.24) is 9.21 Å². The van der Waals surface area contributed by atoms with Gasteiger partial charge in [-0.05, 0) is 26.9 Å². The molecule has 16 heavy (non-hydrogen) atoms. The number of aliphatic hydroxyl groups excluding tert-OH is 1. The first kappa shape index (κ1) is 13.9. The van der Waals surface area contributed by atoms with E-state index in [0.717, 1.165) is 0 Å². The number of nitrogens with zero attached hydrogens (tertiary/aromatic N) is 2. The first-order valence-corrected chi connectivity index (χ1v) is 7.07. The van der Waals surface area contributed by atoms with E-state index in [2.05, 4.69) is 11.8 Å². The maximum atomic E-state index is 12.0. The minimum absolute atomic E-state index is 0.265. The Hall–Kier alpha value is -0.170. The summed E-state index contributed by atoms with van der Waals surface area (Å²) >= 11 is 0. The summed E-state index contributed by atoms with van der Waals surface area (Å²) in [5.41, 5.74) is 0. The summed E-state index contributed by atoms with van der Waals surface area (Å²) in [5, 5.41) is 8.25.